The molecule has 4 nitrogen and oxygen atoms in total. The number of amides is 1. The predicted molar refractivity (Wildman–Crippen MR) is 90.5 cm³/mol. The number of benzene rings is 2. The van der Waals surface area contributed by atoms with E-state index in [1.807, 2.05) is 37.3 Å². The molecule has 1 atom stereocenters. The van der Waals surface area contributed by atoms with Gasteiger partial charge in [0, 0.05) is 10.7 Å². The van der Waals surface area contributed by atoms with Crippen LogP contribution in [0.3, 0.4) is 0 Å². The highest BCUT2D eigenvalue weighted by Crippen LogP contribution is 2.20. The molecule has 0 aliphatic heterocycles. The van der Waals surface area contributed by atoms with Crippen LogP contribution in [0.4, 0.5) is 5.69 Å². The van der Waals surface area contributed by atoms with E-state index >= 15 is 0 Å². The van der Waals surface area contributed by atoms with Crippen LogP contribution in [0.15, 0.2) is 54.6 Å². The van der Waals surface area contributed by atoms with Crippen LogP contribution < -0.4 is 5.32 Å². The molecule has 2 aromatic rings. The summed E-state index contributed by atoms with van der Waals surface area (Å²) in [5, 5.41) is 3.16. The van der Waals surface area contributed by atoms with Gasteiger partial charge >= 0.3 is 5.97 Å². The smallest absolute Gasteiger partial charge is 0.313 e. The number of esters is 1. The zero-order valence-electron chi connectivity index (χ0n) is 12.8. The molecule has 0 heterocycles. The van der Waals surface area contributed by atoms with E-state index in [2.05, 4.69) is 5.32 Å². The summed E-state index contributed by atoms with van der Waals surface area (Å²) in [6.45, 7) is 1.58. The predicted octanol–water partition coefficient (Wildman–Crippen LogP) is 4.02. The number of hydrogen-bond acceptors (Lipinski definition) is 3. The summed E-state index contributed by atoms with van der Waals surface area (Å²) in [6, 6.07) is 16.2. The van der Waals surface area contributed by atoms with Gasteiger partial charge in [-0.15, -0.1) is 0 Å². The number of carbonyl (C=O) groups is 2. The van der Waals surface area contributed by atoms with E-state index in [1.54, 1.807) is 24.3 Å². The lowest BCUT2D eigenvalue weighted by Crippen LogP contribution is -2.23. The molecule has 23 heavy (non-hydrogen) atoms. The number of halogens is 1. The standard InChI is InChI=1S/C18H18ClNO3/c1-2-16(13-7-4-3-5-8-13)18(22)23-12-17(21)20-15-10-6-9-14(19)11-15/h3-11,16H,2,12H2,1H3,(H,20,21)/t16-/m1/s1. The lowest BCUT2D eigenvalue weighted by atomic mass is 9.97. The molecule has 0 radical (unpaired) electrons. The monoisotopic (exact) mass is 331 g/mol. The van der Waals surface area contributed by atoms with E-state index in [0.717, 1.165) is 5.56 Å². The summed E-state index contributed by atoms with van der Waals surface area (Å²) in [4.78, 5) is 24.0. The van der Waals surface area contributed by atoms with Gasteiger partial charge in [0.2, 0.25) is 0 Å². The van der Waals surface area contributed by atoms with E-state index in [-0.39, 0.29) is 12.5 Å². The van der Waals surface area contributed by atoms with Gasteiger partial charge < -0.3 is 10.1 Å². The third-order valence-electron chi connectivity index (χ3n) is 3.35. The van der Waals surface area contributed by atoms with Crippen LogP contribution in [0, 0.1) is 0 Å². The highest BCUT2D eigenvalue weighted by Gasteiger charge is 2.20. The first-order valence-electron chi connectivity index (χ1n) is 7.37. The lowest BCUT2D eigenvalue weighted by molar-refractivity contribution is -0.149. The van der Waals surface area contributed by atoms with E-state index in [9.17, 15) is 9.59 Å². The molecule has 5 heteroatoms. The Morgan fingerprint density at radius 3 is 2.52 bits per heavy atom. The van der Waals surface area contributed by atoms with Crippen LogP contribution in [0.2, 0.25) is 5.02 Å². The average molecular weight is 332 g/mol. The number of hydrogen-bond donors (Lipinski definition) is 1. The number of nitrogens with one attached hydrogen (secondary N) is 1. The van der Waals surface area contributed by atoms with Crippen molar-refractivity contribution in [1.29, 1.82) is 0 Å². The van der Waals surface area contributed by atoms with Crippen molar-refractivity contribution in [3.8, 4) is 0 Å². The largest absolute Gasteiger partial charge is 0.455 e. The highest BCUT2D eigenvalue weighted by molar-refractivity contribution is 6.30. The van der Waals surface area contributed by atoms with Crippen molar-refractivity contribution in [2.24, 2.45) is 0 Å². The number of carbonyl (C=O) groups excluding carboxylic acids is 2. The summed E-state index contributed by atoms with van der Waals surface area (Å²) in [6.07, 6.45) is 0.610. The van der Waals surface area contributed by atoms with E-state index in [4.69, 9.17) is 16.3 Å². The Morgan fingerprint density at radius 1 is 1.13 bits per heavy atom. The normalized spacial score (nSPS) is 11.6. The molecule has 1 N–H and O–H groups in total. The lowest BCUT2D eigenvalue weighted by Gasteiger charge is -2.14. The molecule has 2 rings (SSSR count). The van der Waals surface area contributed by atoms with Crippen molar-refractivity contribution in [2.75, 3.05) is 11.9 Å². The zero-order chi connectivity index (χ0) is 16.7. The quantitative estimate of drug-likeness (QED) is 0.813. The van der Waals surface area contributed by atoms with Gasteiger partial charge in [-0.25, -0.2) is 0 Å². The first kappa shape index (κ1) is 17.0. The van der Waals surface area contributed by atoms with E-state index in [0.29, 0.717) is 17.1 Å². The molecule has 0 spiro atoms. The van der Waals surface area contributed by atoms with Crippen LogP contribution in [0.1, 0.15) is 24.8 Å². The summed E-state index contributed by atoms with van der Waals surface area (Å²) in [5.74, 6) is -1.17. The van der Waals surface area contributed by atoms with Gasteiger partial charge in [-0.2, -0.15) is 0 Å². The topological polar surface area (TPSA) is 55.4 Å². The maximum atomic E-state index is 12.2. The fourth-order valence-corrected chi connectivity index (χ4v) is 2.41. The van der Waals surface area contributed by atoms with Gasteiger partial charge in [-0.05, 0) is 30.2 Å². The third kappa shape index (κ3) is 5.11. The van der Waals surface area contributed by atoms with Crippen molar-refractivity contribution < 1.29 is 14.3 Å². The number of anilines is 1. The summed E-state index contributed by atoms with van der Waals surface area (Å²) < 4.78 is 5.13. The molecule has 120 valence electrons. The van der Waals surface area contributed by atoms with Gasteiger partial charge in [0.15, 0.2) is 6.61 Å². The summed E-state index contributed by atoms with van der Waals surface area (Å²) >= 11 is 5.85. The number of rotatable bonds is 6. The fourth-order valence-electron chi connectivity index (χ4n) is 2.22. The molecule has 0 unspecified atom stereocenters. The molecular formula is C18H18ClNO3. The Morgan fingerprint density at radius 2 is 1.87 bits per heavy atom. The highest BCUT2D eigenvalue weighted by atomic mass is 35.5. The van der Waals surface area contributed by atoms with Crippen molar-refractivity contribution in [1.82, 2.24) is 0 Å². The van der Waals surface area contributed by atoms with Gasteiger partial charge in [-0.3, -0.25) is 9.59 Å². The van der Waals surface area contributed by atoms with Gasteiger partial charge in [-0.1, -0.05) is 54.9 Å². The maximum absolute atomic E-state index is 12.2. The Bertz CT molecular complexity index is 673. The molecule has 0 saturated carbocycles. The molecular weight excluding hydrogens is 314 g/mol. The molecule has 0 fully saturated rings. The third-order valence-corrected chi connectivity index (χ3v) is 3.58. The van der Waals surface area contributed by atoms with Crippen molar-refractivity contribution in [2.45, 2.75) is 19.3 Å². The van der Waals surface area contributed by atoms with Crippen LogP contribution in [-0.2, 0) is 14.3 Å². The first-order chi connectivity index (χ1) is 11.1. The minimum absolute atomic E-state index is 0.325. The Labute approximate surface area is 140 Å². The molecule has 0 aliphatic carbocycles. The fraction of sp³-hybridized carbons (Fsp3) is 0.222. The Balaban J connectivity index is 1.89. The second kappa shape index (κ2) is 8.34. The minimum Gasteiger partial charge on any atom is -0.455 e. The van der Waals surface area contributed by atoms with E-state index < -0.39 is 11.9 Å². The van der Waals surface area contributed by atoms with Crippen LogP contribution >= 0.6 is 11.6 Å². The van der Waals surface area contributed by atoms with Gasteiger partial charge in [0.25, 0.3) is 5.91 Å². The van der Waals surface area contributed by atoms with Gasteiger partial charge in [0.1, 0.15) is 0 Å². The molecule has 0 saturated heterocycles. The van der Waals surface area contributed by atoms with Crippen LogP contribution in [0.5, 0.6) is 0 Å². The first-order valence-corrected chi connectivity index (χ1v) is 7.75. The molecule has 0 bridgehead atoms. The SMILES string of the molecule is CC[C@@H](C(=O)OCC(=O)Nc1cccc(Cl)c1)c1ccccc1. The zero-order valence-corrected chi connectivity index (χ0v) is 13.5. The Kier molecular flexibility index (Phi) is 6.18. The molecule has 0 aromatic heterocycles. The summed E-state index contributed by atoms with van der Waals surface area (Å²) in [5.41, 5.74) is 1.45. The molecule has 0 aliphatic rings. The maximum Gasteiger partial charge on any atom is 0.313 e. The molecule has 1 amide bonds. The number of ether oxygens (including phenoxy) is 1. The van der Waals surface area contributed by atoms with Gasteiger partial charge in [0.05, 0.1) is 5.92 Å². The van der Waals surface area contributed by atoms with Crippen LogP contribution in [0.25, 0.3) is 0 Å². The Hall–Kier alpha value is -2.33. The summed E-state index contributed by atoms with van der Waals surface area (Å²) in [7, 11) is 0. The van der Waals surface area contributed by atoms with Crippen molar-refractivity contribution in [3.63, 3.8) is 0 Å². The van der Waals surface area contributed by atoms with Crippen LogP contribution in [-0.4, -0.2) is 18.5 Å². The molecule has 2 aromatic carbocycles. The van der Waals surface area contributed by atoms with E-state index in [1.165, 1.54) is 0 Å². The minimum atomic E-state index is -0.403. The second-order valence-electron chi connectivity index (χ2n) is 5.04. The van der Waals surface area contributed by atoms with Crippen molar-refractivity contribution >= 4 is 29.2 Å². The van der Waals surface area contributed by atoms with Crippen molar-refractivity contribution in [3.05, 3.63) is 65.2 Å². The second-order valence-corrected chi connectivity index (χ2v) is 5.47. The average Bonchev–Trinajstić information content (AvgIpc) is 2.55.